The lowest BCUT2D eigenvalue weighted by Crippen LogP contribution is -2.28. The third-order valence-corrected chi connectivity index (χ3v) is 3.84. The fourth-order valence-corrected chi connectivity index (χ4v) is 2.41. The molecule has 1 aromatic heterocycles. The number of hydrogen-bond acceptors (Lipinski definition) is 5. The summed E-state index contributed by atoms with van der Waals surface area (Å²) in [7, 11) is -5.79. The molecule has 5 nitrogen and oxygen atoms in total. The normalized spacial score (nSPS) is 12.5. The summed E-state index contributed by atoms with van der Waals surface area (Å²) in [4.78, 5) is 11.7. The Balaban J connectivity index is 2.65. The predicted octanol–water partition coefficient (Wildman–Crippen LogP) is 2.97. The molecule has 2 aromatic rings. The number of alkyl halides is 3. The van der Waals surface area contributed by atoms with E-state index in [9.17, 15) is 26.4 Å². The van der Waals surface area contributed by atoms with Crippen LogP contribution < -0.4 is 9.61 Å². The van der Waals surface area contributed by atoms with Gasteiger partial charge in [0, 0.05) is 11.6 Å². The van der Waals surface area contributed by atoms with Crippen LogP contribution in [0.5, 0.6) is 5.75 Å². The van der Waals surface area contributed by atoms with E-state index in [0.29, 0.717) is 6.42 Å². The molecular weight excluding hydrogens is 325 g/mol. The molecule has 0 saturated carbocycles. The summed E-state index contributed by atoms with van der Waals surface area (Å²) in [5.41, 5.74) is -5.80. The Hall–Kier alpha value is -2.03. The molecule has 0 spiro atoms. The zero-order valence-electron chi connectivity index (χ0n) is 11.3. The van der Waals surface area contributed by atoms with Crippen LogP contribution in [0.1, 0.15) is 18.9 Å². The first-order valence-corrected chi connectivity index (χ1v) is 7.62. The molecule has 0 amide bonds. The van der Waals surface area contributed by atoms with Gasteiger partial charge < -0.3 is 8.60 Å². The Morgan fingerprint density at radius 3 is 2.50 bits per heavy atom. The third kappa shape index (κ3) is 2.94. The van der Waals surface area contributed by atoms with E-state index in [0.717, 1.165) is 18.4 Å². The topological polar surface area (TPSA) is 73.6 Å². The van der Waals surface area contributed by atoms with E-state index in [1.807, 2.05) is 0 Å². The molecule has 1 heterocycles. The maximum absolute atomic E-state index is 12.4. The quantitative estimate of drug-likeness (QED) is 0.634. The molecule has 0 aliphatic carbocycles. The van der Waals surface area contributed by atoms with Crippen LogP contribution in [0.2, 0.25) is 0 Å². The SMILES string of the molecule is CCCc1c(OS(=O)(=O)C(F)(F)F)ccc2c(=O)ccoc12. The second kappa shape index (κ2) is 5.64. The highest BCUT2D eigenvalue weighted by Crippen LogP contribution is 2.32. The van der Waals surface area contributed by atoms with Crippen LogP contribution in [0.4, 0.5) is 13.2 Å². The van der Waals surface area contributed by atoms with Crippen LogP contribution in [0.15, 0.2) is 33.7 Å². The molecule has 22 heavy (non-hydrogen) atoms. The molecule has 9 heteroatoms. The third-order valence-electron chi connectivity index (χ3n) is 2.87. The first-order chi connectivity index (χ1) is 10.2. The van der Waals surface area contributed by atoms with Crippen molar-refractivity contribution in [2.45, 2.75) is 25.3 Å². The number of benzene rings is 1. The fraction of sp³-hybridized carbons (Fsp3) is 0.308. The predicted molar refractivity (Wildman–Crippen MR) is 72.1 cm³/mol. The van der Waals surface area contributed by atoms with Gasteiger partial charge in [-0.1, -0.05) is 13.3 Å². The van der Waals surface area contributed by atoms with E-state index >= 15 is 0 Å². The van der Waals surface area contributed by atoms with Gasteiger partial charge in [0.1, 0.15) is 11.3 Å². The zero-order chi connectivity index (χ0) is 16.5. The molecular formula is C13H11F3O5S. The molecule has 0 aliphatic rings. The number of aryl methyl sites for hydroxylation is 1. The van der Waals surface area contributed by atoms with Crippen molar-refractivity contribution in [3.05, 3.63) is 40.2 Å². The Kier molecular flexibility index (Phi) is 4.19. The first-order valence-electron chi connectivity index (χ1n) is 6.21. The molecule has 0 aliphatic heterocycles. The second-order valence-electron chi connectivity index (χ2n) is 4.44. The van der Waals surface area contributed by atoms with Crippen LogP contribution in [0.3, 0.4) is 0 Å². The lowest BCUT2D eigenvalue weighted by Gasteiger charge is -2.13. The maximum atomic E-state index is 12.4. The first kappa shape index (κ1) is 16.3. The summed E-state index contributed by atoms with van der Waals surface area (Å²) < 4.78 is 68.9. The highest BCUT2D eigenvalue weighted by atomic mass is 32.2. The number of rotatable bonds is 4. The smallest absolute Gasteiger partial charge is 0.464 e. The maximum Gasteiger partial charge on any atom is 0.534 e. The summed E-state index contributed by atoms with van der Waals surface area (Å²) in [5.74, 6) is -0.499. The molecule has 0 unspecified atom stereocenters. The number of fused-ring (bicyclic) bond motifs is 1. The Morgan fingerprint density at radius 2 is 1.91 bits per heavy atom. The van der Waals surface area contributed by atoms with Gasteiger partial charge in [-0.05, 0) is 18.6 Å². The largest absolute Gasteiger partial charge is 0.534 e. The molecule has 0 bridgehead atoms. The van der Waals surface area contributed by atoms with E-state index < -0.39 is 21.4 Å². The van der Waals surface area contributed by atoms with Crippen molar-refractivity contribution in [3.8, 4) is 5.75 Å². The lowest BCUT2D eigenvalue weighted by atomic mass is 10.1. The van der Waals surface area contributed by atoms with Crippen LogP contribution in [0, 0.1) is 0 Å². The monoisotopic (exact) mass is 336 g/mol. The van der Waals surface area contributed by atoms with Crippen molar-refractivity contribution in [2.24, 2.45) is 0 Å². The van der Waals surface area contributed by atoms with Crippen molar-refractivity contribution in [2.75, 3.05) is 0 Å². The molecule has 0 atom stereocenters. The van der Waals surface area contributed by atoms with Gasteiger partial charge in [-0.15, -0.1) is 0 Å². The van der Waals surface area contributed by atoms with Crippen LogP contribution in [-0.2, 0) is 16.5 Å². The molecule has 0 fully saturated rings. The molecule has 1 aromatic carbocycles. The van der Waals surface area contributed by atoms with Crippen molar-refractivity contribution < 1.29 is 30.2 Å². The summed E-state index contributed by atoms with van der Waals surface area (Å²) in [5, 5.41) is 0.141. The Labute approximate surface area is 123 Å². The van der Waals surface area contributed by atoms with Gasteiger partial charge >= 0.3 is 15.6 Å². The lowest BCUT2D eigenvalue weighted by molar-refractivity contribution is -0.0500. The number of hydrogen-bond donors (Lipinski definition) is 0. The van der Waals surface area contributed by atoms with Crippen LogP contribution >= 0.6 is 0 Å². The van der Waals surface area contributed by atoms with Gasteiger partial charge in [0.2, 0.25) is 0 Å². The fourth-order valence-electron chi connectivity index (χ4n) is 1.92. The van der Waals surface area contributed by atoms with Gasteiger partial charge in [0.25, 0.3) is 0 Å². The van der Waals surface area contributed by atoms with E-state index in [1.165, 1.54) is 6.07 Å². The molecule has 2 rings (SSSR count). The molecule has 0 N–H and O–H groups in total. The summed E-state index contributed by atoms with van der Waals surface area (Å²) in [6.45, 7) is 1.74. The second-order valence-corrected chi connectivity index (χ2v) is 5.97. The van der Waals surface area contributed by atoms with Crippen LogP contribution in [0.25, 0.3) is 11.0 Å². The minimum absolute atomic E-state index is 0.0178. The van der Waals surface area contributed by atoms with E-state index in [2.05, 4.69) is 4.18 Å². The van der Waals surface area contributed by atoms with Gasteiger partial charge in [-0.3, -0.25) is 4.79 Å². The summed E-state index contributed by atoms with van der Waals surface area (Å²) in [6.07, 6.45) is 1.76. The minimum atomic E-state index is -5.79. The number of halogens is 3. The molecule has 120 valence electrons. The zero-order valence-corrected chi connectivity index (χ0v) is 12.1. The molecule has 0 saturated heterocycles. The van der Waals surface area contributed by atoms with Gasteiger partial charge in [0.15, 0.2) is 5.43 Å². The summed E-state index contributed by atoms with van der Waals surface area (Å²) >= 11 is 0. The van der Waals surface area contributed by atoms with Gasteiger partial charge in [-0.25, -0.2) is 0 Å². The standard InChI is InChI=1S/C13H11F3O5S/c1-2-3-9-11(21-22(18,19)13(14,15)16)5-4-8-10(17)6-7-20-12(8)9/h4-7H,2-3H2,1H3. The highest BCUT2D eigenvalue weighted by molar-refractivity contribution is 7.88. The summed E-state index contributed by atoms with van der Waals surface area (Å²) in [6, 6.07) is 3.35. The van der Waals surface area contributed by atoms with Crippen molar-refractivity contribution in [3.63, 3.8) is 0 Å². The van der Waals surface area contributed by atoms with Crippen molar-refractivity contribution in [1.29, 1.82) is 0 Å². The Bertz CT molecular complexity index is 852. The van der Waals surface area contributed by atoms with E-state index in [-0.39, 0.29) is 28.4 Å². The van der Waals surface area contributed by atoms with E-state index in [4.69, 9.17) is 4.42 Å². The average molecular weight is 336 g/mol. The Morgan fingerprint density at radius 1 is 1.23 bits per heavy atom. The molecule has 0 radical (unpaired) electrons. The van der Waals surface area contributed by atoms with Crippen molar-refractivity contribution in [1.82, 2.24) is 0 Å². The van der Waals surface area contributed by atoms with Crippen molar-refractivity contribution >= 4 is 21.1 Å². The van der Waals surface area contributed by atoms with Gasteiger partial charge in [0.05, 0.1) is 11.6 Å². The van der Waals surface area contributed by atoms with Gasteiger partial charge in [-0.2, -0.15) is 21.6 Å². The van der Waals surface area contributed by atoms with Crippen LogP contribution in [-0.4, -0.2) is 13.9 Å². The minimum Gasteiger partial charge on any atom is -0.464 e. The van der Waals surface area contributed by atoms with E-state index in [1.54, 1.807) is 6.92 Å². The highest BCUT2D eigenvalue weighted by Gasteiger charge is 2.48. The average Bonchev–Trinajstić information content (AvgIpc) is 2.40.